The standard InChI is InChI=1S/C15H21N3O/c1-3-16-12-13-5-4-6-15(11-13)19-10-8-14-7-9-17-18(14)2/h4-7,9,11,16H,3,8,10,12H2,1-2H3. The molecule has 0 atom stereocenters. The molecule has 102 valence electrons. The maximum Gasteiger partial charge on any atom is 0.119 e. The molecule has 1 N–H and O–H groups in total. The number of aromatic nitrogens is 2. The Morgan fingerprint density at radius 1 is 1.32 bits per heavy atom. The van der Waals surface area contributed by atoms with Crippen molar-refractivity contribution < 1.29 is 4.74 Å². The van der Waals surface area contributed by atoms with Gasteiger partial charge in [0.2, 0.25) is 0 Å². The normalized spacial score (nSPS) is 10.6. The van der Waals surface area contributed by atoms with Crippen LogP contribution in [-0.4, -0.2) is 22.9 Å². The molecule has 1 aromatic heterocycles. The van der Waals surface area contributed by atoms with E-state index in [0.717, 1.165) is 25.3 Å². The molecule has 0 aliphatic carbocycles. The third-order valence-electron chi connectivity index (χ3n) is 3.03. The first-order valence-corrected chi connectivity index (χ1v) is 6.69. The monoisotopic (exact) mass is 259 g/mol. The van der Waals surface area contributed by atoms with Crippen LogP contribution < -0.4 is 10.1 Å². The van der Waals surface area contributed by atoms with E-state index in [-0.39, 0.29) is 0 Å². The molecule has 4 nitrogen and oxygen atoms in total. The SMILES string of the molecule is CCNCc1cccc(OCCc2ccnn2C)c1. The van der Waals surface area contributed by atoms with Crippen LogP contribution in [0.3, 0.4) is 0 Å². The summed E-state index contributed by atoms with van der Waals surface area (Å²) in [5.74, 6) is 0.928. The lowest BCUT2D eigenvalue weighted by molar-refractivity contribution is 0.318. The van der Waals surface area contributed by atoms with Crippen molar-refractivity contribution in [1.82, 2.24) is 15.1 Å². The van der Waals surface area contributed by atoms with Crippen molar-refractivity contribution in [3.8, 4) is 5.75 Å². The van der Waals surface area contributed by atoms with Crippen molar-refractivity contribution >= 4 is 0 Å². The van der Waals surface area contributed by atoms with Gasteiger partial charge in [0, 0.05) is 31.9 Å². The smallest absolute Gasteiger partial charge is 0.119 e. The largest absolute Gasteiger partial charge is 0.493 e. The molecule has 4 heteroatoms. The maximum absolute atomic E-state index is 5.79. The van der Waals surface area contributed by atoms with Gasteiger partial charge in [-0.05, 0) is 30.3 Å². The van der Waals surface area contributed by atoms with E-state index >= 15 is 0 Å². The lowest BCUT2D eigenvalue weighted by Crippen LogP contribution is -2.11. The molecule has 0 fully saturated rings. The highest BCUT2D eigenvalue weighted by Gasteiger charge is 2.00. The van der Waals surface area contributed by atoms with Gasteiger partial charge in [-0.1, -0.05) is 19.1 Å². The van der Waals surface area contributed by atoms with E-state index < -0.39 is 0 Å². The van der Waals surface area contributed by atoms with Gasteiger partial charge in [-0.3, -0.25) is 4.68 Å². The summed E-state index contributed by atoms with van der Waals surface area (Å²) >= 11 is 0. The van der Waals surface area contributed by atoms with E-state index in [2.05, 4.69) is 29.5 Å². The molecule has 0 aliphatic heterocycles. The van der Waals surface area contributed by atoms with Crippen molar-refractivity contribution in [2.24, 2.45) is 7.05 Å². The van der Waals surface area contributed by atoms with Gasteiger partial charge in [-0.2, -0.15) is 5.10 Å². The lowest BCUT2D eigenvalue weighted by Gasteiger charge is -2.08. The zero-order valence-corrected chi connectivity index (χ0v) is 11.6. The first-order valence-electron chi connectivity index (χ1n) is 6.69. The predicted molar refractivity (Wildman–Crippen MR) is 76.2 cm³/mol. The number of hydrogen-bond acceptors (Lipinski definition) is 3. The Hall–Kier alpha value is -1.81. The molecule has 1 aromatic carbocycles. The summed E-state index contributed by atoms with van der Waals surface area (Å²) in [4.78, 5) is 0. The van der Waals surface area contributed by atoms with E-state index in [1.165, 1.54) is 11.3 Å². The van der Waals surface area contributed by atoms with Gasteiger partial charge >= 0.3 is 0 Å². The Labute approximate surface area is 114 Å². The maximum atomic E-state index is 5.79. The molecule has 0 saturated heterocycles. The highest BCUT2D eigenvalue weighted by Crippen LogP contribution is 2.13. The van der Waals surface area contributed by atoms with Crippen LogP contribution in [0, 0.1) is 0 Å². The molecule has 19 heavy (non-hydrogen) atoms. The minimum atomic E-state index is 0.671. The van der Waals surface area contributed by atoms with Crippen LogP contribution in [0.4, 0.5) is 0 Å². The molecular formula is C15H21N3O. The van der Waals surface area contributed by atoms with Gasteiger partial charge in [0.1, 0.15) is 5.75 Å². The number of benzene rings is 1. The zero-order valence-electron chi connectivity index (χ0n) is 11.6. The van der Waals surface area contributed by atoms with Gasteiger partial charge in [0.05, 0.1) is 6.61 Å². The molecular weight excluding hydrogens is 238 g/mol. The van der Waals surface area contributed by atoms with Crippen LogP contribution in [0.15, 0.2) is 36.5 Å². The van der Waals surface area contributed by atoms with Crippen molar-refractivity contribution in [1.29, 1.82) is 0 Å². The zero-order chi connectivity index (χ0) is 13.5. The van der Waals surface area contributed by atoms with Crippen LogP contribution in [0.25, 0.3) is 0 Å². The second-order valence-corrected chi connectivity index (χ2v) is 4.47. The molecule has 0 unspecified atom stereocenters. The molecule has 0 spiro atoms. The first-order chi connectivity index (χ1) is 9.29. The van der Waals surface area contributed by atoms with Gasteiger partial charge in [-0.15, -0.1) is 0 Å². The topological polar surface area (TPSA) is 39.1 Å². The number of ether oxygens (including phenoxy) is 1. The average Bonchev–Trinajstić information content (AvgIpc) is 2.83. The Bertz CT molecular complexity index is 508. The van der Waals surface area contributed by atoms with Gasteiger partial charge in [0.15, 0.2) is 0 Å². The van der Waals surface area contributed by atoms with Crippen molar-refractivity contribution in [3.05, 3.63) is 47.8 Å². The third-order valence-corrected chi connectivity index (χ3v) is 3.03. The van der Waals surface area contributed by atoms with E-state index in [1.54, 1.807) is 0 Å². The average molecular weight is 259 g/mol. The van der Waals surface area contributed by atoms with Crippen molar-refractivity contribution in [3.63, 3.8) is 0 Å². The summed E-state index contributed by atoms with van der Waals surface area (Å²) < 4.78 is 7.67. The Morgan fingerprint density at radius 3 is 2.95 bits per heavy atom. The molecule has 0 radical (unpaired) electrons. The van der Waals surface area contributed by atoms with E-state index in [0.29, 0.717) is 6.61 Å². The highest BCUT2D eigenvalue weighted by molar-refractivity contribution is 5.28. The second kappa shape index (κ2) is 6.95. The van der Waals surface area contributed by atoms with Crippen LogP contribution in [0.2, 0.25) is 0 Å². The minimum absolute atomic E-state index is 0.671. The second-order valence-electron chi connectivity index (χ2n) is 4.47. The number of nitrogens with one attached hydrogen (secondary N) is 1. The summed E-state index contributed by atoms with van der Waals surface area (Å²) in [5, 5.41) is 7.45. The fourth-order valence-corrected chi connectivity index (χ4v) is 1.93. The molecule has 1 heterocycles. The molecule has 0 saturated carbocycles. The van der Waals surface area contributed by atoms with E-state index in [1.807, 2.05) is 36.1 Å². The number of rotatable bonds is 7. The van der Waals surface area contributed by atoms with Crippen LogP contribution in [-0.2, 0) is 20.0 Å². The number of aryl methyl sites for hydroxylation is 1. The molecule has 2 aromatic rings. The number of nitrogens with zero attached hydrogens (tertiary/aromatic N) is 2. The Balaban J connectivity index is 1.84. The third kappa shape index (κ3) is 4.10. The summed E-state index contributed by atoms with van der Waals surface area (Å²) in [5.41, 5.74) is 2.43. The van der Waals surface area contributed by atoms with Gasteiger partial charge in [0.25, 0.3) is 0 Å². The van der Waals surface area contributed by atoms with Gasteiger partial charge in [-0.25, -0.2) is 0 Å². The first kappa shape index (κ1) is 13.6. The predicted octanol–water partition coefficient (Wildman–Crippen LogP) is 2.15. The summed E-state index contributed by atoms with van der Waals surface area (Å²) in [6.45, 7) is 4.64. The van der Waals surface area contributed by atoms with E-state index in [4.69, 9.17) is 4.74 Å². The number of hydrogen-bond donors (Lipinski definition) is 1. The Morgan fingerprint density at radius 2 is 2.21 bits per heavy atom. The fourth-order valence-electron chi connectivity index (χ4n) is 1.93. The molecule has 0 aliphatic rings. The van der Waals surface area contributed by atoms with Crippen LogP contribution in [0.1, 0.15) is 18.2 Å². The van der Waals surface area contributed by atoms with Crippen LogP contribution >= 0.6 is 0 Å². The van der Waals surface area contributed by atoms with Crippen molar-refractivity contribution in [2.45, 2.75) is 19.9 Å². The minimum Gasteiger partial charge on any atom is -0.493 e. The van der Waals surface area contributed by atoms with Crippen molar-refractivity contribution in [2.75, 3.05) is 13.2 Å². The summed E-state index contributed by atoms with van der Waals surface area (Å²) in [7, 11) is 1.95. The Kier molecular flexibility index (Phi) is 4.98. The van der Waals surface area contributed by atoms with E-state index in [9.17, 15) is 0 Å². The quantitative estimate of drug-likeness (QED) is 0.828. The van der Waals surface area contributed by atoms with Crippen LogP contribution in [0.5, 0.6) is 5.75 Å². The van der Waals surface area contributed by atoms with Gasteiger partial charge < -0.3 is 10.1 Å². The summed E-state index contributed by atoms with van der Waals surface area (Å²) in [6, 6.07) is 10.2. The molecule has 0 bridgehead atoms. The molecule has 0 amide bonds. The lowest BCUT2D eigenvalue weighted by atomic mass is 10.2. The molecule has 2 rings (SSSR count). The summed E-state index contributed by atoms with van der Waals surface area (Å²) in [6.07, 6.45) is 2.68. The highest BCUT2D eigenvalue weighted by atomic mass is 16.5. The fraction of sp³-hybridized carbons (Fsp3) is 0.400.